The first-order chi connectivity index (χ1) is 8.97. The van der Waals surface area contributed by atoms with Crippen molar-refractivity contribution < 1.29 is 4.74 Å². The molecule has 0 aliphatic rings. The van der Waals surface area contributed by atoms with Crippen LogP contribution in [0.4, 0.5) is 5.69 Å². The number of hydrogen-bond donors (Lipinski definition) is 1. The molecule has 5 nitrogen and oxygen atoms in total. The molecule has 1 heterocycles. The van der Waals surface area contributed by atoms with Crippen LogP contribution >= 0.6 is 0 Å². The Hall–Kier alpha value is -2.30. The van der Waals surface area contributed by atoms with Crippen molar-refractivity contribution in [2.75, 3.05) is 5.73 Å². The van der Waals surface area contributed by atoms with Crippen molar-refractivity contribution in [3.8, 4) is 17.0 Å². The lowest BCUT2D eigenvalue weighted by Crippen LogP contribution is -2.22. The van der Waals surface area contributed by atoms with Gasteiger partial charge in [0.1, 0.15) is 11.4 Å². The fourth-order valence-corrected chi connectivity index (χ4v) is 1.77. The van der Waals surface area contributed by atoms with Crippen LogP contribution in [0.5, 0.6) is 5.75 Å². The normalized spacial score (nSPS) is 10.7. The maximum atomic E-state index is 11.5. The number of aromatic nitrogens is 2. The molecule has 2 N–H and O–H groups in total. The minimum atomic E-state index is -0.293. The van der Waals surface area contributed by atoms with Crippen LogP contribution in [0.1, 0.15) is 13.8 Å². The molecule has 0 fully saturated rings. The van der Waals surface area contributed by atoms with Crippen molar-refractivity contribution in [2.45, 2.75) is 20.0 Å². The zero-order valence-electron chi connectivity index (χ0n) is 11.3. The van der Waals surface area contributed by atoms with E-state index in [0.29, 0.717) is 5.69 Å². The Morgan fingerprint density at radius 3 is 2.68 bits per heavy atom. The first kappa shape index (κ1) is 13.1. The first-order valence-electron chi connectivity index (χ1n) is 6.08. The number of nitrogens with two attached hydrogens (primary N) is 1. The van der Waals surface area contributed by atoms with Crippen molar-refractivity contribution >= 4 is 5.69 Å². The van der Waals surface area contributed by atoms with Gasteiger partial charge in [0.15, 0.2) is 0 Å². The van der Waals surface area contributed by atoms with E-state index in [-0.39, 0.29) is 17.4 Å². The molecule has 2 rings (SSSR count). The van der Waals surface area contributed by atoms with E-state index < -0.39 is 0 Å². The molecule has 5 heteroatoms. The van der Waals surface area contributed by atoms with Gasteiger partial charge in [0.2, 0.25) is 0 Å². The van der Waals surface area contributed by atoms with Gasteiger partial charge in [-0.3, -0.25) is 4.79 Å². The van der Waals surface area contributed by atoms with Crippen molar-refractivity contribution in [1.82, 2.24) is 9.78 Å². The number of hydrogen-bond acceptors (Lipinski definition) is 4. The molecule has 0 unspecified atom stereocenters. The van der Waals surface area contributed by atoms with Crippen LogP contribution in [-0.2, 0) is 7.05 Å². The van der Waals surface area contributed by atoms with E-state index in [2.05, 4.69) is 5.10 Å². The lowest BCUT2D eigenvalue weighted by molar-refractivity contribution is 0.242. The molecule has 0 spiro atoms. The molecule has 0 saturated carbocycles. The second-order valence-corrected chi connectivity index (χ2v) is 4.61. The summed E-state index contributed by atoms with van der Waals surface area (Å²) in [6.45, 7) is 3.93. The summed E-state index contributed by atoms with van der Waals surface area (Å²) in [5.74, 6) is 0.765. The van der Waals surface area contributed by atoms with Gasteiger partial charge in [0.25, 0.3) is 5.56 Å². The molecule has 0 radical (unpaired) electrons. The summed E-state index contributed by atoms with van der Waals surface area (Å²) in [6, 6.07) is 9.13. The third-order valence-corrected chi connectivity index (χ3v) is 2.59. The Balaban J connectivity index is 2.44. The predicted molar refractivity (Wildman–Crippen MR) is 75.1 cm³/mol. The molecule has 0 aliphatic carbocycles. The Labute approximate surface area is 111 Å². The van der Waals surface area contributed by atoms with E-state index in [1.54, 1.807) is 13.1 Å². The minimum Gasteiger partial charge on any atom is -0.491 e. The monoisotopic (exact) mass is 259 g/mol. The second kappa shape index (κ2) is 5.14. The maximum absolute atomic E-state index is 11.5. The first-order valence-corrected chi connectivity index (χ1v) is 6.08. The van der Waals surface area contributed by atoms with Gasteiger partial charge in [-0.2, -0.15) is 5.10 Å². The SMILES string of the molecule is CC(C)Oc1cccc(-c2cc(N)c(=O)n(C)n2)c1. The lowest BCUT2D eigenvalue weighted by Gasteiger charge is -2.11. The highest BCUT2D eigenvalue weighted by atomic mass is 16.5. The summed E-state index contributed by atoms with van der Waals surface area (Å²) < 4.78 is 6.87. The third-order valence-electron chi connectivity index (χ3n) is 2.59. The van der Waals surface area contributed by atoms with Crippen LogP contribution in [0.2, 0.25) is 0 Å². The number of ether oxygens (including phenoxy) is 1. The summed E-state index contributed by atoms with van der Waals surface area (Å²) in [4.78, 5) is 11.5. The van der Waals surface area contributed by atoms with Gasteiger partial charge in [0.05, 0.1) is 11.8 Å². The van der Waals surface area contributed by atoms with Gasteiger partial charge in [0, 0.05) is 12.6 Å². The fourth-order valence-electron chi connectivity index (χ4n) is 1.77. The van der Waals surface area contributed by atoms with Crippen molar-refractivity contribution in [2.24, 2.45) is 7.05 Å². The third kappa shape index (κ3) is 2.93. The summed E-state index contributed by atoms with van der Waals surface area (Å²) >= 11 is 0. The zero-order chi connectivity index (χ0) is 14.0. The molecular weight excluding hydrogens is 242 g/mol. The van der Waals surface area contributed by atoms with Gasteiger partial charge in [-0.15, -0.1) is 0 Å². The largest absolute Gasteiger partial charge is 0.491 e. The molecule has 100 valence electrons. The molecule has 1 aromatic carbocycles. The van der Waals surface area contributed by atoms with Gasteiger partial charge >= 0.3 is 0 Å². The second-order valence-electron chi connectivity index (χ2n) is 4.61. The number of nitrogen functional groups attached to an aromatic ring is 1. The number of benzene rings is 1. The number of rotatable bonds is 3. The van der Waals surface area contributed by atoms with Crippen LogP contribution in [0.15, 0.2) is 35.1 Å². The van der Waals surface area contributed by atoms with Gasteiger partial charge < -0.3 is 10.5 Å². The predicted octanol–water partition coefficient (Wildman–Crippen LogP) is 1.82. The number of aryl methyl sites for hydroxylation is 1. The highest BCUT2D eigenvalue weighted by molar-refractivity contribution is 5.63. The van der Waals surface area contributed by atoms with E-state index >= 15 is 0 Å². The maximum Gasteiger partial charge on any atom is 0.289 e. The summed E-state index contributed by atoms with van der Waals surface area (Å²) in [6.07, 6.45) is 0.105. The van der Waals surface area contributed by atoms with Crippen LogP contribution in [0.3, 0.4) is 0 Å². The fraction of sp³-hybridized carbons (Fsp3) is 0.286. The highest BCUT2D eigenvalue weighted by Crippen LogP contribution is 2.23. The summed E-state index contributed by atoms with van der Waals surface area (Å²) in [7, 11) is 1.58. The van der Waals surface area contributed by atoms with Crippen LogP contribution in [0, 0.1) is 0 Å². The van der Waals surface area contributed by atoms with E-state index in [1.165, 1.54) is 4.68 Å². The molecule has 1 aromatic heterocycles. The van der Waals surface area contributed by atoms with Gasteiger partial charge in [-0.05, 0) is 32.0 Å². The summed E-state index contributed by atoms with van der Waals surface area (Å²) in [5.41, 5.74) is 7.07. The van der Waals surface area contributed by atoms with Crippen molar-refractivity contribution in [1.29, 1.82) is 0 Å². The number of anilines is 1. The zero-order valence-corrected chi connectivity index (χ0v) is 11.3. The Kier molecular flexibility index (Phi) is 3.55. The van der Waals surface area contributed by atoms with E-state index in [1.807, 2.05) is 38.1 Å². The molecule has 0 atom stereocenters. The van der Waals surface area contributed by atoms with Crippen LogP contribution < -0.4 is 16.0 Å². The Morgan fingerprint density at radius 2 is 2.05 bits per heavy atom. The molecule has 0 aliphatic heterocycles. The minimum absolute atomic E-state index is 0.105. The Bertz CT molecular complexity index is 621. The molecular formula is C14H17N3O2. The average Bonchev–Trinajstić information content (AvgIpc) is 2.35. The average molecular weight is 259 g/mol. The highest BCUT2D eigenvalue weighted by Gasteiger charge is 2.07. The summed E-state index contributed by atoms with van der Waals surface area (Å²) in [5, 5.41) is 4.19. The standard InChI is InChI=1S/C14H17N3O2/c1-9(2)19-11-6-4-5-10(7-11)13-8-12(15)14(18)17(3)16-13/h4-9H,15H2,1-3H3. The van der Waals surface area contributed by atoms with Crippen LogP contribution in [0.25, 0.3) is 11.3 Å². The van der Waals surface area contributed by atoms with Crippen molar-refractivity contribution in [3.63, 3.8) is 0 Å². The molecule has 0 amide bonds. The van der Waals surface area contributed by atoms with Crippen LogP contribution in [-0.4, -0.2) is 15.9 Å². The van der Waals surface area contributed by atoms with E-state index in [9.17, 15) is 4.79 Å². The lowest BCUT2D eigenvalue weighted by atomic mass is 10.1. The molecule has 2 aromatic rings. The number of nitrogens with zero attached hydrogens (tertiary/aromatic N) is 2. The van der Waals surface area contributed by atoms with Crippen molar-refractivity contribution in [3.05, 3.63) is 40.7 Å². The van der Waals surface area contributed by atoms with E-state index in [0.717, 1.165) is 11.3 Å². The van der Waals surface area contributed by atoms with Gasteiger partial charge in [-0.1, -0.05) is 12.1 Å². The molecule has 19 heavy (non-hydrogen) atoms. The molecule has 0 saturated heterocycles. The Morgan fingerprint density at radius 1 is 1.32 bits per heavy atom. The quantitative estimate of drug-likeness (QED) is 0.912. The van der Waals surface area contributed by atoms with E-state index in [4.69, 9.17) is 10.5 Å². The molecule has 0 bridgehead atoms. The topological polar surface area (TPSA) is 70.1 Å². The van der Waals surface area contributed by atoms with Gasteiger partial charge in [-0.25, -0.2) is 4.68 Å². The smallest absolute Gasteiger partial charge is 0.289 e.